The van der Waals surface area contributed by atoms with E-state index in [0.717, 1.165) is 7.55 Å². The second-order valence-corrected chi connectivity index (χ2v) is 4.10. The van der Waals surface area contributed by atoms with Crippen LogP contribution in [0.2, 0.25) is 12.6 Å². The Hall–Kier alpha value is 0.0748. The van der Waals surface area contributed by atoms with Gasteiger partial charge in [-0.1, -0.05) is 13.8 Å². The highest BCUT2D eigenvalue weighted by Crippen LogP contribution is 2.14. The number of hydrogen-bond donors (Lipinski definition) is 0. The second-order valence-electron chi connectivity index (χ2n) is 4.10. The fourth-order valence-electron chi connectivity index (χ4n) is 2.56. The summed E-state index contributed by atoms with van der Waals surface area (Å²) in [5.41, 5.74) is 0. The van der Waals surface area contributed by atoms with Gasteiger partial charge in [0.15, 0.2) is 0 Å². The van der Waals surface area contributed by atoms with Crippen LogP contribution in [0.5, 0.6) is 0 Å². The van der Waals surface area contributed by atoms with E-state index in [4.69, 9.17) is 0 Å². The van der Waals surface area contributed by atoms with Gasteiger partial charge in [0.25, 0.3) is 21.5 Å². The summed E-state index contributed by atoms with van der Waals surface area (Å²) in [4.78, 5) is 0. The molecule has 1 aliphatic heterocycles. The Kier molecular flexibility index (Phi) is 3.89. The lowest BCUT2D eigenvalue weighted by Gasteiger charge is -2.46. The summed E-state index contributed by atoms with van der Waals surface area (Å²) in [6.07, 6.45) is 2.41. The summed E-state index contributed by atoms with van der Waals surface area (Å²) < 4.78 is 7.29. The predicted octanol–water partition coefficient (Wildman–Crippen LogP) is 0.0781. The largest absolute Gasteiger partial charge is 0.363 e. The molecule has 0 atom stereocenters. The molecule has 6 heteroatoms. The lowest BCUT2D eigenvalue weighted by Crippen LogP contribution is -2.69. The molecule has 0 radical (unpaired) electrons. The van der Waals surface area contributed by atoms with Crippen molar-refractivity contribution in [3.05, 3.63) is 0 Å². The smallest absolute Gasteiger partial charge is 0.289 e. The molecule has 1 saturated heterocycles. The first kappa shape index (κ1) is 11.2. The lowest BCUT2D eigenvalue weighted by atomic mass is 9.48. The van der Waals surface area contributed by atoms with E-state index >= 15 is 0 Å². The van der Waals surface area contributed by atoms with E-state index in [0.29, 0.717) is 14.0 Å². The Morgan fingerprint density at radius 1 is 0.923 bits per heavy atom. The monoisotopic (exact) mass is 179 g/mol. The van der Waals surface area contributed by atoms with Gasteiger partial charge >= 0.3 is 0 Å². The molecule has 1 fully saturated rings. The third-order valence-corrected chi connectivity index (χ3v) is 3.13. The van der Waals surface area contributed by atoms with Crippen molar-refractivity contribution in [3.8, 4) is 0 Å². The van der Waals surface area contributed by atoms with Crippen LogP contribution >= 0.6 is 0 Å². The molecule has 0 aromatic rings. The summed E-state index contributed by atoms with van der Waals surface area (Å²) in [7, 11) is 7.72. The summed E-state index contributed by atoms with van der Waals surface area (Å²) in [6, 6.07) is 0. The maximum Gasteiger partial charge on any atom is 0.289 e. The van der Waals surface area contributed by atoms with Crippen molar-refractivity contribution < 1.29 is 0 Å². The van der Waals surface area contributed by atoms with Gasteiger partial charge in [-0.15, -0.1) is 0 Å². The Morgan fingerprint density at radius 2 is 1.31 bits per heavy atom. The van der Waals surface area contributed by atoms with Crippen LogP contribution < -0.4 is 0 Å². The molecule has 1 rings (SSSR count). The molecule has 0 N–H and O–H groups in total. The molecule has 0 aliphatic carbocycles. The zero-order chi connectivity index (χ0) is 10.0. The van der Waals surface area contributed by atoms with E-state index in [9.17, 15) is 0 Å². The zero-order valence-electron chi connectivity index (χ0n) is 9.62. The van der Waals surface area contributed by atoms with Crippen LogP contribution in [0.4, 0.5) is 0 Å². The summed E-state index contributed by atoms with van der Waals surface area (Å²) in [6.45, 7) is 5.74. The van der Waals surface area contributed by atoms with Crippen LogP contribution in [0.3, 0.4) is 0 Å². The Labute approximate surface area is 84.0 Å². The second kappa shape index (κ2) is 4.53. The van der Waals surface area contributed by atoms with Gasteiger partial charge in [0.2, 0.25) is 0 Å². The van der Waals surface area contributed by atoms with E-state index in [1.165, 1.54) is 12.6 Å². The van der Waals surface area contributed by atoms with Crippen molar-refractivity contribution in [2.45, 2.75) is 26.5 Å². The molecule has 0 bridgehead atoms. The third-order valence-electron chi connectivity index (χ3n) is 3.13. The molecule has 3 nitrogen and oxygen atoms in total. The van der Waals surface area contributed by atoms with Crippen molar-refractivity contribution in [2.24, 2.45) is 0 Å². The van der Waals surface area contributed by atoms with Gasteiger partial charge in [-0.2, -0.15) is 0 Å². The van der Waals surface area contributed by atoms with Crippen molar-refractivity contribution >= 4 is 21.5 Å². The van der Waals surface area contributed by atoms with Gasteiger partial charge in [0.05, 0.1) is 0 Å². The predicted molar refractivity (Wildman–Crippen MR) is 62.9 cm³/mol. The normalized spacial score (nSPS) is 22.2. The molecule has 13 heavy (non-hydrogen) atoms. The number of hydrogen-bond acceptors (Lipinski definition) is 3. The molecular formula is C7H20B3N3. The van der Waals surface area contributed by atoms with Crippen molar-refractivity contribution in [1.29, 1.82) is 0 Å². The quantitative estimate of drug-likeness (QED) is 0.555. The minimum absolute atomic E-state index is 0.612. The van der Waals surface area contributed by atoms with Crippen LogP contribution in [-0.4, -0.2) is 56.8 Å². The molecule has 0 unspecified atom stereocenters. The third kappa shape index (κ3) is 2.11. The number of nitrogens with zero attached hydrogens (tertiary/aromatic N) is 3. The first-order chi connectivity index (χ1) is 6.11. The average molecular weight is 179 g/mol. The molecule has 0 aromatic carbocycles. The minimum Gasteiger partial charge on any atom is -0.363 e. The highest BCUT2D eigenvalue weighted by molar-refractivity contribution is 6.80. The molecule has 1 aliphatic rings. The lowest BCUT2D eigenvalue weighted by molar-refractivity contribution is 0.549. The van der Waals surface area contributed by atoms with E-state index < -0.39 is 0 Å². The van der Waals surface area contributed by atoms with Crippen LogP contribution in [-0.2, 0) is 0 Å². The minimum atomic E-state index is 0.612. The van der Waals surface area contributed by atoms with Crippen LogP contribution in [0.25, 0.3) is 0 Å². The maximum atomic E-state index is 2.48. The Morgan fingerprint density at radius 3 is 1.62 bits per heavy atom. The van der Waals surface area contributed by atoms with E-state index in [1.807, 2.05) is 0 Å². The van der Waals surface area contributed by atoms with E-state index in [-0.39, 0.29) is 0 Å². The zero-order valence-corrected chi connectivity index (χ0v) is 9.62. The van der Waals surface area contributed by atoms with Gasteiger partial charge in [-0.3, -0.25) is 0 Å². The molecular weight excluding hydrogens is 159 g/mol. The Balaban J connectivity index is 2.69. The standard InChI is InChI=1S/C7H20B3N3/c1-6-9-11(3)8-12(4)10(7-2)13(9)5/h8H,6-7H2,1-5H3. The Bertz CT molecular complexity index is 153. The molecule has 0 spiro atoms. The molecule has 0 aromatic heterocycles. The van der Waals surface area contributed by atoms with Gasteiger partial charge in [0.1, 0.15) is 0 Å². The number of rotatable bonds is 2. The van der Waals surface area contributed by atoms with Crippen molar-refractivity contribution in [1.82, 2.24) is 14.2 Å². The maximum absolute atomic E-state index is 2.48. The summed E-state index contributed by atoms with van der Waals surface area (Å²) >= 11 is 0. The first-order valence-electron chi connectivity index (χ1n) is 5.24. The summed E-state index contributed by atoms with van der Waals surface area (Å²) in [5, 5.41) is 0. The van der Waals surface area contributed by atoms with Crippen molar-refractivity contribution in [3.63, 3.8) is 0 Å². The van der Waals surface area contributed by atoms with Crippen LogP contribution in [0.15, 0.2) is 0 Å². The fraction of sp³-hybridized carbons (Fsp3) is 1.00. The summed E-state index contributed by atoms with van der Waals surface area (Å²) in [5.74, 6) is 0. The average Bonchev–Trinajstić information content (AvgIpc) is 2.04. The highest BCUT2D eigenvalue weighted by Gasteiger charge is 2.38. The van der Waals surface area contributed by atoms with Crippen LogP contribution in [0.1, 0.15) is 13.8 Å². The molecule has 1 heterocycles. The van der Waals surface area contributed by atoms with Gasteiger partial charge in [0, 0.05) is 0 Å². The van der Waals surface area contributed by atoms with Crippen LogP contribution in [0, 0.1) is 0 Å². The van der Waals surface area contributed by atoms with Gasteiger partial charge < -0.3 is 14.2 Å². The van der Waals surface area contributed by atoms with E-state index in [1.54, 1.807) is 0 Å². The topological polar surface area (TPSA) is 9.72 Å². The molecule has 72 valence electrons. The van der Waals surface area contributed by atoms with E-state index in [2.05, 4.69) is 49.2 Å². The SMILES string of the molecule is CCB1N(C)BN(C)B(CC)N1C. The molecule has 0 amide bonds. The van der Waals surface area contributed by atoms with Crippen molar-refractivity contribution in [2.75, 3.05) is 21.1 Å². The highest BCUT2D eigenvalue weighted by atomic mass is 15.3. The molecule has 0 saturated carbocycles. The van der Waals surface area contributed by atoms with Gasteiger partial charge in [-0.05, 0) is 33.8 Å². The fourth-order valence-corrected chi connectivity index (χ4v) is 2.56. The van der Waals surface area contributed by atoms with Gasteiger partial charge in [-0.25, -0.2) is 0 Å². The first-order valence-corrected chi connectivity index (χ1v) is 5.24.